The Bertz CT molecular complexity index is 624. The maximum atomic E-state index is 11.9. The molecule has 0 unspecified atom stereocenters. The van der Waals surface area contributed by atoms with Gasteiger partial charge in [-0.3, -0.25) is 4.79 Å². The summed E-state index contributed by atoms with van der Waals surface area (Å²) in [5, 5.41) is 12.2. The number of anilines is 1. The lowest BCUT2D eigenvalue weighted by Gasteiger charge is -2.08. The summed E-state index contributed by atoms with van der Waals surface area (Å²) < 4.78 is 5.48. The molecule has 0 aliphatic rings. The van der Waals surface area contributed by atoms with Gasteiger partial charge >= 0.3 is 0 Å². The number of phenolic OH excluding ortho intramolecular Hbond substituents is 1. The average molecular weight is 286 g/mol. The molecule has 0 saturated carbocycles. The van der Waals surface area contributed by atoms with Crippen LogP contribution in [0.1, 0.15) is 15.9 Å². The molecule has 0 aromatic heterocycles. The maximum absolute atomic E-state index is 11.9. The fourth-order valence-corrected chi connectivity index (χ4v) is 1.80. The van der Waals surface area contributed by atoms with Gasteiger partial charge in [-0.1, -0.05) is 0 Å². The first-order valence-electron chi connectivity index (χ1n) is 6.62. The van der Waals surface area contributed by atoms with Gasteiger partial charge in [-0.25, -0.2) is 0 Å². The van der Waals surface area contributed by atoms with Crippen LogP contribution in [-0.2, 0) is 0 Å². The van der Waals surface area contributed by atoms with E-state index in [2.05, 4.69) is 5.32 Å². The molecule has 0 heterocycles. The molecule has 4 N–H and O–H groups in total. The van der Waals surface area contributed by atoms with Crippen LogP contribution in [0.5, 0.6) is 11.5 Å². The molecule has 2 rings (SSSR count). The highest BCUT2D eigenvalue weighted by Crippen LogP contribution is 2.16. The third kappa shape index (κ3) is 4.14. The Morgan fingerprint density at radius 3 is 2.62 bits per heavy atom. The van der Waals surface area contributed by atoms with Crippen LogP contribution >= 0.6 is 0 Å². The summed E-state index contributed by atoms with van der Waals surface area (Å²) in [4.78, 5) is 11.9. The average Bonchev–Trinajstić information content (AvgIpc) is 2.48. The first-order chi connectivity index (χ1) is 10.1. The van der Waals surface area contributed by atoms with Crippen molar-refractivity contribution >= 4 is 11.6 Å². The maximum Gasteiger partial charge on any atom is 0.251 e. The Morgan fingerprint density at radius 1 is 1.24 bits per heavy atom. The summed E-state index contributed by atoms with van der Waals surface area (Å²) in [6, 6.07) is 11.8. The van der Waals surface area contributed by atoms with Crippen molar-refractivity contribution in [2.24, 2.45) is 0 Å². The lowest BCUT2D eigenvalue weighted by atomic mass is 10.1. The number of nitrogen functional groups attached to an aromatic ring is 1. The molecule has 0 fully saturated rings. The van der Waals surface area contributed by atoms with E-state index >= 15 is 0 Å². The fourth-order valence-electron chi connectivity index (χ4n) is 1.80. The SMILES string of the molecule is Cc1cc(C(=O)NCCOc2ccc(N)cc2)ccc1O. The van der Waals surface area contributed by atoms with E-state index in [4.69, 9.17) is 10.5 Å². The molecule has 0 radical (unpaired) electrons. The van der Waals surface area contributed by atoms with Crippen molar-refractivity contribution in [3.63, 3.8) is 0 Å². The second-order valence-electron chi connectivity index (χ2n) is 4.67. The van der Waals surface area contributed by atoms with Crippen molar-refractivity contribution < 1.29 is 14.6 Å². The van der Waals surface area contributed by atoms with Gasteiger partial charge in [0, 0.05) is 11.3 Å². The number of carbonyl (C=O) groups is 1. The Labute approximate surface area is 123 Å². The van der Waals surface area contributed by atoms with E-state index in [9.17, 15) is 9.90 Å². The lowest BCUT2D eigenvalue weighted by molar-refractivity contribution is 0.0947. The van der Waals surface area contributed by atoms with Crippen molar-refractivity contribution in [3.8, 4) is 11.5 Å². The number of nitrogens with two attached hydrogens (primary N) is 1. The van der Waals surface area contributed by atoms with Gasteiger partial charge in [0.15, 0.2) is 0 Å². The van der Waals surface area contributed by atoms with Gasteiger partial charge in [-0.05, 0) is 55.0 Å². The number of carbonyl (C=O) groups excluding carboxylic acids is 1. The largest absolute Gasteiger partial charge is 0.508 e. The quantitative estimate of drug-likeness (QED) is 0.580. The van der Waals surface area contributed by atoms with Gasteiger partial charge in [-0.15, -0.1) is 0 Å². The Morgan fingerprint density at radius 2 is 1.95 bits per heavy atom. The van der Waals surface area contributed by atoms with Crippen molar-refractivity contribution in [3.05, 3.63) is 53.6 Å². The molecule has 0 aliphatic carbocycles. The van der Waals surface area contributed by atoms with E-state index < -0.39 is 0 Å². The molecule has 21 heavy (non-hydrogen) atoms. The zero-order valence-electron chi connectivity index (χ0n) is 11.8. The highest BCUT2D eigenvalue weighted by molar-refractivity contribution is 5.94. The summed E-state index contributed by atoms with van der Waals surface area (Å²) in [5.74, 6) is 0.691. The highest BCUT2D eigenvalue weighted by Gasteiger charge is 2.06. The summed E-state index contributed by atoms with van der Waals surface area (Å²) in [7, 11) is 0. The molecule has 2 aromatic carbocycles. The minimum atomic E-state index is -0.195. The number of aryl methyl sites for hydroxylation is 1. The molecular weight excluding hydrogens is 268 g/mol. The highest BCUT2D eigenvalue weighted by atomic mass is 16.5. The van der Waals surface area contributed by atoms with Crippen molar-refractivity contribution in [2.75, 3.05) is 18.9 Å². The van der Waals surface area contributed by atoms with Gasteiger partial charge in [0.25, 0.3) is 5.91 Å². The van der Waals surface area contributed by atoms with Crippen LogP contribution in [0, 0.1) is 6.92 Å². The number of amides is 1. The van der Waals surface area contributed by atoms with Gasteiger partial charge < -0.3 is 20.9 Å². The van der Waals surface area contributed by atoms with E-state index in [-0.39, 0.29) is 11.7 Å². The van der Waals surface area contributed by atoms with E-state index in [1.54, 1.807) is 43.3 Å². The first kappa shape index (κ1) is 14.7. The number of hydrogen-bond acceptors (Lipinski definition) is 4. The first-order valence-corrected chi connectivity index (χ1v) is 6.62. The molecular formula is C16H18N2O3. The molecule has 1 amide bonds. The third-order valence-corrected chi connectivity index (χ3v) is 3.00. The fraction of sp³-hybridized carbons (Fsp3) is 0.188. The number of benzene rings is 2. The second kappa shape index (κ2) is 6.65. The van der Waals surface area contributed by atoms with E-state index in [1.165, 1.54) is 6.07 Å². The molecule has 5 nitrogen and oxygen atoms in total. The van der Waals surface area contributed by atoms with Gasteiger partial charge in [0.2, 0.25) is 0 Å². The van der Waals surface area contributed by atoms with E-state index in [0.29, 0.717) is 35.7 Å². The normalized spacial score (nSPS) is 10.1. The van der Waals surface area contributed by atoms with Crippen LogP contribution in [0.15, 0.2) is 42.5 Å². The minimum absolute atomic E-state index is 0.179. The number of hydrogen-bond donors (Lipinski definition) is 3. The van der Waals surface area contributed by atoms with Crippen LogP contribution in [-0.4, -0.2) is 24.2 Å². The van der Waals surface area contributed by atoms with Gasteiger partial charge in [-0.2, -0.15) is 0 Å². The van der Waals surface area contributed by atoms with E-state index in [1.807, 2.05) is 0 Å². The number of rotatable bonds is 5. The number of phenols is 1. The summed E-state index contributed by atoms with van der Waals surface area (Å²) in [5.41, 5.74) is 7.44. The van der Waals surface area contributed by atoms with Gasteiger partial charge in [0.05, 0.1) is 6.54 Å². The minimum Gasteiger partial charge on any atom is -0.508 e. The molecule has 0 saturated heterocycles. The number of ether oxygens (including phenoxy) is 1. The van der Waals surface area contributed by atoms with Crippen molar-refractivity contribution in [1.29, 1.82) is 0 Å². The number of aromatic hydroxyl groups is 1. The Hall–Kier alpha value is -2.69. The number of nitrogens with one attached hydrogen (secondary N) is 1. The standard InChI is InChI=1S/C16H18N2O3/c1-11-10-12(2-7-15(11)19)16(20)18-8-9-21-14-5-3-13(17)4-6-14/h2-7,10,19H,8-9,17H2,1H3,(H,18,20). The van der Waals surface area contributed by atoms with Crippen molar-refractivity contribution in [2.45, 2.75) is 6.92 Å². The third-order valence-electron chi connectivity index (χ3n) is 3.00. The van der Waals surface area contributed by atoms with Crippen molar-refractivity contribution in [1.82, 2.24) is 5.32 Å². The molecule has 5 heteroatoms. The Kier molecular flexibility index (Phi) is 4.66. The molecule has 0 aliphatic heterocycles. The summed E-state index contributed by atoms with van der Waals surface area (Å²) >= 11 is 0. The Balaban J connectivity index is 1.79. The topological polar surface area (TPSA) is 84.6 Å². The molecule has 0 spiro atoms. The smallest absolute Gasteiger partial charge is 0.251 e. The molecule has 0 atom stereocenters. The summed E-state index contributed by atoms with van der Waals surface area (Å²) in [6.07, 6.45) is 0. The van der Waals surface area contributed by atoms with Crippen LogP contribution in [0.4, 0.5) is 5.69 Å². The zero-order chi connectivity index (χ0) is 15.2. The van der Waals surface area contributed by atoms with Crippen LogP contribution in [0.3, 0.4) is 0 Å². The van der Waals surface area contributed by atoms with Crippen LogP contribution < -0.4 is 15.8 Å². The predicted octanol–water partition coefficient (Wildman–Crippen LogP) is 2.09. The molecule has 0 bridgehead atoms. The second-order valence-corrected chi connectivity index (χ2v) is 4.67. The molecule has 2 aromatic rings. The van der Waals surface area contributed by atoms with E-state index in [0.717, 1.165) is 0 Å². The predicted molar refractivity (Wildman–Crippen MR) is 81.5 cm³/mol. The van der Waals surface area contributed by atoms with Crippen LogP contribution in [0.2, 0.25) is 0 Å². The van der Waals surface area contributed by atoms with Crippen LogP contribution in [0.25, 0.3) is 0 Å². The zero-order valence-corrected chi connectivity index (χ0v) is 11.8. The molecule has 110 valence electrons. The monoisotopic (exact) mass is 286 g/mol. The summed E-state index contributed by atoms with van der Waals surface area (Å²) in [6.45, 7) is 2.51. The van der Waals surface area contributed by atoms with Gasteiger partial charge in [0.1, 0.15) is 18.1 Å². The lowest BCUT2D eigenvalue weighted by Crippen LogP contribution is -2.28.